The van der Waals surface area contributed by atoms with Gasteiger partial charge in [-0.15, -0.1) is 0 Å². The fourth-order valence-corrected chi connectivity index (χ4v) is 1.63. The summed E-state index contributed by atoms with van der Waals surface area (Å²) in [6.07, 6.45) is 0. The first-order valence-corrected chi connectivity index (χ1v) is 6.10. The minimum atomic E-state index is -0.535. The molecular weight excluding hydrogens is 262 g/mol. The molecule has 0 saturated heterocycles. The van der Waals surface area contributed by atoms with Gasteiger partial charge in [0.15, 0.2) is 0 Å². The molecule has 6 nitrogen and oxygen atoms in total. The molecule has 0 aliphatic rings. The van der Waals surface area contributed by atoms with E-state index in [-0.39, 0.29) is 24.5 Å². The normalized spacial score (nSPS) is 9.95. The maximum Gasteiger partial charge on any atom is 0.336 e. The van der Waals surface area contributed by atoms with Gasteiger partial charge in [0, 0.05) is 5.56 Å². The number of nitro groups is 1. The van der Waals surface area contributed by atoms with Crippen LogP contribution in [0.1, 0.15) is 18.1 Å². The summed E-state index contributed by atoms with van der Waals surface area (Å²) < 4.78 is 10.2. The van der Waals surface area contributed by atoms with Crippen molar-refractivity contribution in [3.8, 4) is 5.75 Å². The summed E-state index contributed by atoms with van der Waals surface area (Å²) in [5.41, 5.74) is 1.45. The zero-order valence-electron chi connectivity index (χ0n) is 11.8. The van der Waals surface area contributed by atoms with E-state index in [4.69, 9.17) is 9.47 Å². The zero-order valence-corrected chi connectivity index (χ0v) is 11.8. The maximum absolute atomic E-state index is 11.4. The molecule has 0 N–H and O–H groups in total. The molecule has 1 aromatic carbocycles. The average Bonchev–Trinajstić information content (AvgIpc) is 2.37. The average molecular weight is 279 g/mol. The molecule has 0 atom stereocenters. The van der Waals surface area contributed by atoms with Crippen LogP contribution in [0.15, 0.2) is 24.3 Å². The molecule has 0 spiro atoms. The first-order valence-electron chi connectivity index (χ1n) is 6.10. The lowest BCUT2D eigenvalue weighted by molar-refractivity contribution is -0.385. The van der Waals surface area contributed by atoms with Gasteiger partial charge in [0.25, 0.3) is 5.69 Å². The number of benzene rings is 1. The lowest BCUT2D eigenvalue weighted by Gasteiger charge is -2.11. The maximum atomic E-state index is 11.4. The second kappa shape index (κ2) is 6.70. The van der Waals surface area contributed by atoms with Gasteiger partial charge in [-0.1, -0.05) is 6.58 Å². The van der Waals surface area contributed by atoms with Crippen molar-refractivity contribution in [3.63, 3.8) is 0 Å². The van der Waals surface area contributed by atoms with Crippen LogP contribution in [-0.4, -0.2) is 24.1 Å². The van der Waals surface area contributed by atoms with E-state index in [1.165, 1.54) is 6.07 Å². The highest BCUT2D eigenvalue weighted by Gasteiger charge is 2.15. The predicted octanol–water partition coefficient (Wildman–Crippen LogP) is 2.71. The summed E-state index contributed by atoms with van der Waals surface area (Å²) in [6, 6.07) is 3.02. The number of nitro benzene ring substituents is 1. The summed E-state index contributed by atoms with van der Waals surface area (Å²) in [5.74, 6) is -0.181. The van der Waals surface area contributed by atoms with E-state index in [1.54, 1.807) is 26.8 Å². The fraction of sp³-hybridized carbons (Fsp3) is 0.357. The van der Waals surface area contributed by atoms with Crippen molar-refractivity contribution in [2.24, 2.45) is 0 Å². The first kappa shape index (κ1) is 15.7. The Hall–Kier alpha value is -2.37. The van der Waals surface area contributed by atoms with E-state index in [2.05, 4.69) is 6.58 Å². The summed E-state index contributed by atoms with van der Waals surface area (Å²) in [4.78, 5) is 21.8. The SMILES string of the molecule is C=C(COc1cc([N+](=O)[O-])c(C)cc1C)C(=O)OCC. The Labute approximate surface area is 117 Å². The Balaban J connectivity index is 2.83. The van der Waals surface area contributed by atoms with Crippen molar-refractivity contribution in [3.05, 3.63) is 45.5 Å². The van der Waals surface area contributed by atoms with Crippen LogP contribution < -0.4 is 4.74 Å². The number of hydrogen-bond acceptors (Lipinski definition) is 5. The Morgan fingerprint density at radius 3 is 2.55 bits per heavy atom. The van der Waals surface area contributed by atoms with Gasteiger partial charge in [-0.3, -0.25) is 10.1 Å². The molecule has 0 aromatic heterocycles. The Morgan fingerprint density at radius 2 is 2.00 bits per heavy atom. The standard InChI is InChI=1S/C14H17NO5/c1-5-19-14(16)11(4)8-20-13-7-12(15(17)18)9(2)6-10(13)3/h6-7H,4-5,8H2,1-3H3. The van der Waals surface area contributed by atoms with E-state index in [0.717, 1.165) is 5.56 Å². The molecular formula is C14H17NO5. The number of carbonyl (C=O) groups is 1. The van der Waals surface area contributed by atoms with Crippen molar-refractivity contribution < 1.29 is 19.2 Å². The van der Waals surface area contributed by atoms with Gasteiger partial charge >= 0.3 is 5.97 Å². The zero-order chi connectivity index (χ0) is 15.3. The minimum absolute atomic E-state index is 0.0210. The van der Waals surface area contributed by atoms with Gasteiger partial charge in [-0.05, 0) is 32.4 Å². The molecule has 0 fully saturated rings. The Kier molecular flexibility index (Phi) is 5.25. The third-order valence-electron chi connectivity index (χ3n) is 2.66. The largest absolute Gasteiger partial charge is 0.488 e. The molecule has 1 rings (SSSR count). The molecule has 0 unspecified atom stereocenters. The van der Waals surface area contributed by atoms with Crippen molar-refractivity contribution in [1.29, 1.82) is 0 Å². The van der Waals surface area contributed by atoms with Crippen molar-refractivity contribution >= 4 is 11.7 Å². The molecule has 0 radical (unpaired) electrons. The molecule has 6 heteroatoms. The summed E-state index contributed by atoms with van der Waals surface area (Å²) >= 11 is 0. The summed E-state index contributed by atoms with van der Waals surface area (Å²) in [6.45, 7) is 8.88. The number of carbonyl (C=O) groups excluding carboxylic acids is 1. The molecule has 0 bridgehead atoms. The highest BCUT2D eigenvalue weighted by Crippen LogP contribution is 2.28. The summed E-state index contributed by atoms with van der Waals surface area (Å²) in [5, 5.41) is 10.9. The Morgan fingerprint density at radius 1 is 1.35 bits per heavy atom. The highest BCUT2D eigenvalue weighted by atomic mass is 16.6. The minimum Gasteiger partial charge on any atom is -0.488 e. The van der Waals surface area contributed by atoms with Gasteiger partial charge < -0.3 is 9.47 Å². The summed E-state index contributed by atoms with van der Waals surface area (Å²) in [7, 11) is 0. The van der Waals surface area contributed by atoms with Crippen LogP contribution in [0.3, 0.4) is 0 Å². The number of hydrogen-bond donors (Lipinski definition) is 0. The van der Waals surface area contributed by atoms with Crippen LogP contribution >= 0.6 is 0 Å². The molecule has 0 aliphatic carbocycles. The van der Waals surface area contributed by atoms with Gasteiger partial charge in [0.05, 0.1) is 23.2 Å². The van der Waals surface area contributed by atoms with Crippen LogP contribution in [0.25, 0.3) is 0 Å². The van der Waals surface area contributed by atoms with Gasteiger partial charge in [-0.25, -0.2) is 4.79 Å². The molecule has 0 heterocycles. The molecule has 20 heavy (non-hydrogen) atoms. The van der Waals surface area contributed by atoms with Gasteiger partial charge in [-0.2, -0.15) is 0 Å². The number of esters is 1. The van der Waals surface area contributed by atoms with Crippen LogP contribution in [-0.2, 0) is 9.53 Å². The number of nitrogens with zero attached hydrogens (tertiary/aromatic N) is 1. The van der Waals surface area contributed by atoms with Crippen LogP contribution in [0.4, 0.5) is 5.69 Å². The number of aryl methyl sites for hydroxylation is 2. The van der Waals surface area contributed by atoms with Gasteiger partial charge in [0.2, 0.25) is 0 Å². The third-order valence-corrected chi connectivity index (χ3v) is 2.66. The molecule has 0 saturated carbocycles. The lowest BCUT2D eigenvalue weighted by Crippen LogP contribution is -2.13. The quantitative estimate of drug-likeness (QED) is 0.346. The van der Waals surface area contributed by atoms with Gasteiger partial charge in [0.1, 0.15) is 12.4 Å². The first-order chi connectivity index (χ1) is 9.36. The topological polar surface area (TPSA) is 78.7 Å². The lowest BCUT2D eigenvalue weighted by atomic mass is 10.1. The molecule has 1 aromatic rings. The molecule has 0 aliphatic heterocycles. The van der Waals surface area contributed by atoms with E-state index in [0.29, 0.717) is 11.3 Å². The predicted molar refractivity (Wildman–Crippen MR) is 73.8 cm³/mol. The van der Waals surface area contributed by atoms with E-state index < -0.39 is 10.9 Å². The van der Waals surface area contributed by atoms with Crippen LogP contribution in [0.2, 0.25) is 0 Å². The highest BCUT2D eigenvalue weighted by molar-refractivity contribution is 5.88. The van der Waals surface area contributed by atoms with Crippen LogP contribution in [0, 0.1) is 24.0 Å². The Bertz CT molecular complexity index is 551. The third kappa shape index (κ3) is 3.81. The number of ether oxygens (including phenoxy) is 2. The van der Waals surface area contributed by atoms with Crippen molar-refractivity contribution in [1.82, 2.24) is 0 Å². The second-order valence-electron chi connectivity index (χ2n) is 4.27. The van der Waals surface area contributed by atoms with E-state index >= 15 is 0 Å². The monoisotopic (exact) mass is 279 g/mol. The fourth-order valence-electron chi connectivity index (χ4n) is 1.63. The van der Waals surface area contributed by atoms with E-state index in [1.807, 2.05) is 0 Å². The van der Waals surface area contributed by atoms with Crippen molar-refractivity contribution in [2.45, 2.75) is 20.8 Å². The van der Waals surface area contributed by atoms with Crippen molar-refractivity contribution in [2.75, 3.05) is 13.2 Å². The number of rotatable bonds is 6. The second-order valence-corrected chi connectivity index (χ2v) is 4.27. The molecule has 0 amide bonds. The van der Waals surface area contributed by atoms with E-state index in [9.17, 15) is 14.9 Å². The smallest absolute Gasteiger partial charge is 0.336 e. The van der Waals surface area contributed by atoms with Crippen LogP contribution in [0.5, 0.6) is 5.75 Å². The molecule has 108 valence electrons.